The van der Waals surface area contributed by atoms with Gasteiger partial charge in [-0.1, -0.05) is 13.0 Å². The third-order valence-electron chi connectivity index (χ3n) is 5.47. The number of ether oxygens (including phenoxy) is 2. The van der Waals surface area contributed by atoms with Crippen LogP contribution in [0.5, 0.6) is 5.75 Å². The number of hydrogen-bond donors (Lipinski definition) is 2. The Labute approximate surface area is 190 Å². The van der Waals surface area contributed by atoms with Gasteiger partial charge in [-0.15, -0.1) is 0 Å². The molecule has 2 N–H and O–H groups in total. The van der Waals surface area contributed by atoms with E-state index < -0.39 is 0 Å². The maximum absolute atomic E-state index is 12.8. The number of anilines is 2. The Balaban J connectivity index is 1.46. The Morgan fingerprint density at radius 2 is 1.78 bits per heavy atom. The second-order valence-electron chi connectivity index (χ2n) is 8.03. The predicted molar refractivity (Wildman–Crippen MR) is 126 cm³/mol. The molecule has 2 amide bonds. The van der Waals surface area contributed by atoms with Gasteiger partial charge in [0.2, 0.25) is 5.91 Å². The van der Waals surface area contributed by atoms with Gasteiger partial charge in [-0.05, 0) is 68.1 Å². The summed E-state index contributed by atoms with van der Waals surface area (Å²) >= 11 is 0. The van der Waals surface area contributed by atoms with E-state index in [4.69, 9.17) is 9.47 Å². The molecule has 32 heavy (non-hydrogen) atoms. The molecule has 0 aromatic heterocycles. The molecule has 0 atom stereocenters. The van der Waals surface area contributed by atoms with Crippen LogP contribution in [0.3, 0.4) is 0 Å². The van der Waals surface area contributed by atoms with Crippen molar-refractivity contribution in [1.29, 1.82) is 0 Å². The SMILES string of the molecule is CCOCCOc1ccc(NCC(=O)Nc2cccc(C(=O)N3CCC(C)CC3)c2)cc1. The standard InChI is InChI=1S/C25H33N3O4/c1-3-31-15-16-32-23-9-7-21(8-10-23)26-18-24(29)27-22-6-4-5-20(17-22)25(30)28-13-11-19(2)12-14-28/h4-10,17,19,26H,3,11-16,18H2,1-2H3,(H,27,29). The predicted octanol–water partition coefficient (Wildman–Crippen LogP) is 4.02. The van der Waals surface area contributed by atoms with Gasteiger partial charge in [0.15, 0.2) is 0 Å². The average molecular weight is 440 g/mol. The van der Waals surface area contributed by atoms with Crippen LogP contribution in [0.25, 0.3) is 0 Å². The molecule has 1 saturated heterocycles. The molecular formula is C25H33N3O4. The van der Waals surface area contributed by atoms with E-state index >= 15 is 0 Å². The van der Waals surface area contributed by atoms with Gasteiger partial charge >= 0.3 is 0 Å². The second kappa shape index (κ2) is 12.1. The summed E-state index contributed by atoms with van der Waals surface area (Å²) in [6, 6.07) is 14.6. The number of carbonyl (C=O) groups is 2. The number of piperidine rings is 1. The molecule has 1 fully saturated rings. The van der Waals surface area contributed by atoms with Gasteiger partial charge < -0.3 is 25.0 Å². The lowest BCUT2D eigenvalue weighted by Gasteiger charge is -2.30. The minimum Gasteiger partial charge on any atom is -0.491 e. The average Bonchev–Trinajstić information content (AvgIpc) is 2.81. The van der Waals surface area contributed by atoms with E-state index in [2.05, 4.69) is 17.6 Å². The van der Waals surface area contributed by atoms with Gasteiger partial charge in [-0.25, -0.2) is 0 Å². The highest BCUT2D eigenvalue weighted by molar-refractivity contribution is 5.98. The van der Waals surface area contributed by atoms with Gasteiger partial charge in [0.1, 0.15) is 12.4 Å². The lowest BCUT2D eigenvalue weighted by Crippen LogP contribution is -2.37. The molecule has 0 radical (unpaired) electrons. The quantitative estimate of drug-likeness (QED) is 0.547. The van der Waals surface area contributed by atoms with Crippen molar-refractivity contribution < 1.29 is 19.1 Å². The molecule has 1 heterocycles. The van der Waals surface area contributed by atoms with Crippen molar-refractivity contribution in [2.75, 3.05) is 50.1 Å². The molecule has 1 aliphatic rings. The van der Waals surface area contributed by atoms with Crippen LogP contribution in [-0.4, -0.2) is 56.2 Å². The summed E-state index contributed by atoms with van der Waals surface area (Å²) in [5.74, 6) is 1.26. The molecule has 0 bridgehead atoms. The zero-order valence-corrected chi connectivity index (χ0v) is 18.9. The largest absolute Gasteiger partial charge is 0.491 e. The van der Waals surface area contributed by atoms with E-state index in [0.717, 1.165) is 37.4 Å². The van der Waals surface area contributed by atoms with Crippen molar-refractivity contribution in [2.24, 2.45) is 5.92 Å². The van der Waals surface area contributed by atoms with Gasteiger partial charge in [-0.3, -0.25) is 9.59 Å². The van der Waals surface area contributed by atoms with Crippen molar-refractivity contribution in [1.82, 2.24) is 4.90 Å². The molecule has 3 rings (SSSR count). The summed E-state index contributed by atoms with van der Waals surface area (Å²) in [5, 5.41) is 5.95. The van der Waals surface area contributed by atoms with E-state index in [-0.39, 0.29) is 18.4 Å². The Bertz CT molecular complexity index is 877. The number of rotatable bonds is 10. The van der Waals surface area contributed by atoms with Crippen LogP contribution >= 0.6 is 0 Å². The van der Waals surface area contributed by atoms with Crippen LogP contribution < -0.4 is 15.4 Å². The highest BCUT2D eigenvalue weighted by Crippen LogP contribution is 2.20. The minimum absolute atomic E-state index is 0.0229. The minimum atomic E-state index is -0.182. The fourth-order valence-electron chi connectivity index (χ4n) is 3.54. The van der Waals surface area contributed by atoms with Gasteiger partial charge in [0.05, 0.1) is 13.2 Å². The molecule has 0 aliphatic carbocycles. The lowest BCUT2D eigenvalue weighted by atomic mass is 9.98. The Hall–Kier alpha value is -3.06. The van der Waals surface area contributed by atoms with Gasteiger partial charge in [-0.2, -0.15) is 0 Å². The maximum Gasteiger partial charge on any atom is 0.253 e. The Morgan fingerprint density at radius 3 is 2.50 bits per heavy atom. The first-order valence-electron chi connectivity index (χ1n) is 11.3. The van der Waals surface area contributed by atoms with Crippen LogP contribution in [0.4, 0.5) is 11.4 Å². The van der Waals surface area contributed by atoms with Crippen molar-refractivity contribution in [2.45, 2.75) is 26.7 Å². The molecule has 172 valence electrons. The summed E-state index contributed by atoms with van der Waals surface area (Å²) in [6.45, 7) is 7.59. The summed E-state index contributed by atoms with van der Waals surface area (Å²) in [5.41, 5.74) is 2.04. The van der Waals surface area contributed by atoms with E-state index in [1.807, 2.05) is 36.1 Å². The van der Waals surface area contributed by atoms with E-state index in [9.17, 15) is 9.59 Å². The molecule has 2 aromatic carbocycles. The summed E-state index contributed by atoms with van der Waals surface area (Å²) in [4.78, 5) is 27.0. The van der Waals surface area contributed by atoms with Crippen LogP contribution in [0.1, 0.15) is 37.0 Å². The Kier molecular flexibility index (Phi) is 8.92. The van der Waals surface area contributed by atoms with E-state index in [1.165, 1.54) is 0 Å². The van der Waals surface area contributed by atoms with Crippen molar-refractivity contribution in [3.05, 3.63) is 54.1 Å². The summed E-state index contributed by atoms with van der Waals surface area (Å²) < 4.78 is 10.8. The second-order valence-corrected chi connectivity index (χ2v) is 8.03. The number of nitrogens with one attached hydrogen (secondary N) is 2. The molecule has 0 unspecified atom stereocenters. The van der Waals surface area contributed by atoms with E-state index in [0.29, 0.717) is 37.0 Å². The van der Waals surface area contributed by atoms with E-state index in [1.54, 1.807) is 24.3 Å². The zero-order valence-electron chi connectivity index (χ0n) is 18.9. The number of nitrogens with zero attached hydrogens (tertiary/aromatic N) is 1. The summed E-state index contributed by atoms with van der Waals surface area (Å²) in [7, 11) is 0. The smallest absolute Gasteiger partial charge is 0.253 e. The third-order valence-corrected chi connectivity index (χ3v) is 5.47. The third kappa shape index (κ3) is 7.27. The van der Waals surface area contributed by atoms with Crippen molar-refractivity contribution >= 4 is 23.2 Å². The van der Waals surface area contributed by atoms with Crippen LogP contribution in [-0.2, 0) is 9.53 Å². The molecule has 7 heteroatoms. The van der Waals surface area contributed by atoms with Crippen LogP contribution in [0.2, 0.25) is 0 Å². The lowest BCUT2D eigenvalue weighted by molar-refractivity contribution is -0.114. The molecule has 0 spiro atoms. The van der Waals surface area contributed by atoms with Gasteiger partial charge in [0, 0.05) is 36.6 Å². The monoisotopic (exact) mass is 439 g/mol. The number of likely N-dealkylation sites (tertiary alicyclic amines) is 1. The van der Waals surface area contributed by atoms with Crippen molar-refractivity contribution in [3.8, 4) is 5.75 Å². The highest BCUT2D eigenvalue weighted by Gasteiger charge is 2.21. The molecule has 1 aliphatic heterocycles. The summed E-state index contributed by atoms with van der Waals surface area (Å²) in [6.07, 6.45) is 2.07. The number of benzene rings is 2. The molecular weight excluding hydrogens is 406 g/mol. The number of amides is 2. The maximum atomic E-state index is 12.8. The fourth-order valence-corrected chi connectivity index (χ4v) is 3.54. The number of carbonyl (C=O) groups excluding carboxylic acids is 2. The first-order chi connectivity index (χ1) is 15.5. The Morgan fingerprint density at radius 1 is 1.03 bits per heavy atom. The topological polar surface area (TPSA) is 79.9 Å². The van der Waals surface area contributed by atoms with Crippen molar-refractivity contribution in [3.63, 3.8) is 0 Å². The van der Waals surface area contributed by atoms with Crippen LogP contribution in [0, 0.1) is 5.92 Å². The highest BCUT2D eigenvalue weighted by atomic mass is 16.5. The fraction of sp³-hybridized carbons (Fsp3) is 0.440. The zero-order chi connectivity index (χ0) is 22.8. The molecule has 0 saturated carbocycles. The first kappa shape index (κ1) is 23.6. The number of hydrogen-bond acceptors (Lipinski definition) is 5. The van der Waals surface area contributed by atoms with Crippen LogP contribution in [0.15, 0.2) is 48.5 Å². The van der Waals surface area contributed by atoms with Gasteiger partial charge in [0.25, 0.3) is 5.91 Å². The normalized spacial score (nSPS) is 14.1. The molecule has 7 nitrogen and oxygen atoms in total. The molecule has 2 aromatic rings. The first-order valence-corrected chi connectivity index (χ1v) is 11.3.